The number of hydrogen-bond donors (Lipinski definition) is 0. The Morgan fingerprint density at radius 1 is 1.14 bits per heavy atom. The Morgan fingerprint density at radius 3 is 2.21 bits per heavy atom. The molecule has 0 fully saturated rings. The summed E-state index contributed by atoms with van der Waals surface area (Å²) in [5, 5.41) is 0. The Kier molecular flexibility index (Phi) is 4.37. The van der Waals surface area contributed by atoms with Crippen LogP contribution in [0.15, 0.2) is 24.3 Å². The Labute approximate surface area is 86.1 Å². The monoisotopic (exact) mass is 190 g/mol. The molecule has 0 aliphatic rings. The van der Waals surface area contributed by atoms with E-state index in [-0.39, 0.29) is 5.78 Å². The van der Waals surface area contributed by atoms with Gasteiger partial charge in [0.05, 0.1) is 0 Å². The van der Waals surface area contributed by atoms with Crippen molar-refractivity contribution >= 4 is 5.78 Å². The van der Waals surface area contributed by atoms with Gasteiger partial charge in [0.25, 0.3) is 0 Å². The van der Waals surface area contributed by atoms with Crippen LogP contribution in [-0.2, 0) is 17.6 Å². The minimum absolute atomic E-state index is 0.228. The molecule has 1 nitrogen and oxygen atoms in total. The number of rotatable bonds is 5. The molecule has 0 heterocycles. The van der Waals surface area contributed by atoms with Crippen LogP contribution in [0.2, 0.25) is 0 Å². The predicted octanol–water partition coefficient (Wildman–Crippen LogP) is 3.16. The molecule has 1 rings (SSSR count). The van der Waals surface area contributed by atoms with Crippen LogP contribution < -0.4 is 0 Å². The van der Waals surface area contributed by atoms with Crippen LogP contribution in [0.1, 0.15) is 37.8 Å². The second-order valence-corrected chi connectivity index (χ2v) is 3.80. The van der Waals surface area contributed by atoms with E-state index in [2.05, 4.69) is 31.2 Å². The predicted molar refractivity (Wildman–Crippen MR) is 59.4 cm³/mol. The number of carbonyl (C=O) groups excluding carboxylic acids is 1. The number of benzene rings is 1. The van der Waals surface area contributed by atoms with Crippen molar-refractivity contribution in [1.82, 2.24) is 0 Å². The van der Waals surface area contributed by atoms with Crippen LogP contribution in [-0.4, -0.2) is 5.78 Å². The van der Waals surface area contributed by atoms with Gasteiger partial charge in [0.2, 0.25) is 0 Å². The van der Waals surface area contributed by atoms with Gasteiger partial charge in [-0.05, 0) is 30.9 Å². The van der Waals surface area contributed by atoms with Gasteiger partial charge in [0.1, 0.15) is 5.78 Å². The molecule has 0 aromatic heterocycles. The smallest absolute Gasteiger partial charge is 0.134 e. The zero-order chi connectivity index (χ0) is 10.4. The van der Waals surface area contributed by atoms with E-state index in [1.807, 2.05) is 0 Å². The van der Waals surface area contributed by atoms with Gasteiger partial charge in [-0.15, -0.1) is 0 Å². The highest BCUT2D eigenvalue weighted by atomic mass is 16.1. The van der Waals surface area contributed by atoms with E-state index in [1.165, 1.54) is 18.4 Å². The average Bonchev–Trinajstić information content (AvgIpc) is 2.16. The highest BCUT2D eigenvalue weighted by Crippen LogP contribution is 2.08. The van der Waals surface area contributed by atoms with Crippen LogP contribution in [0, 0.1) is 0 Å². The standard InChI is InChI=1S/C13H18O/c1-3-4-5-12-6-8-13(9-7-12)10-11(2)14/h6-9H,3-5,10H2,1-2H3. The van der Waals surface area contributed by atoms with Crippen LogP contribution in [0.4, 0.5) is 0 Å². The largest absolute Gasteiger partial charge is 0.300 e. The molecule has 0 N–H and O–H groups in total. The van der Waals surface area contributed by atoms with Crippen molar-refractivity contribution in [2.45, 2.75) is 39.5 Å². The van der Waals surface area contributed by atoms with E-state index in [0.717, 1.165) is 12.0 Å². The molecule has 76 valence electrons. The highest BCUT2D eigenvalue weighted by Gasteiger charge is 1.97. The number of aryl methyl sites for hydroxylation is 1. The molecule has 0 atom stereocenters. The molecule has 0 saturated carbocycles. The summed E-state index contributed by atoms with van der Waals surface area (Å²) >= 11 is 0. The van der Waals surface area contributed by atoms with Gasteiger partial charge in [-0.1, -0.05) is 37.6 Å². The zero-order valence-corrected chi connectivity index (χ0v) is 9.05. The molecule has 0 amide bonds. The molecule has 1 aromatic rings. The molecule has 0 radical (unpaired) electrons. The fraction of sp³-hybridized carbons (Fsp3) is 0.462. The second-order valence-electron chi connectivity index (χ2n) is 3.80. The van der Waals surface area contributed by atoms with Gasteiger partial charge in [-0.25, -0.2) is 0 Å². The lowest BCUT2D eigenvalue weighted by Gasteiger charge is -2.01. The Hall–Kier alpha value is -1.11. The number of carbonyl (C=O) groups is 1. The fourth-order valence-electron chi connectivity index (χ4n) is 1.49. The molecule has 0 saturated heterocycles. The van der Waals surface area contributed by atoms with Crippen LogP contribution in [0.5, 0.6) is 0 Å². The maximum atomic E-state index is 10.9. The van der Waals surface area contributed by atoms with E-state index < -0.39 is 0 Å². The lowest BCUT2D eigenvalue weighted by molar-refractivity contribution is -0.116. The van der Waals surface area contributed by atoms with Crippen molar-refractivity contribution in [2.75, 3.05) is 0 Å². The molecule has 14 heavy (non-hydrogen) atoms. The maximum absolute atomic E-state index is 10.9. The Morgan fingerprint density at radius 2 is 1.71 bits per heavy atom. The number of ketones is 1. The van der Waals surface area contributed by atoms with E-state index in [0.29, 0.717) is 6.42 Å². The Bertz CT molecular complexity index is 285. The van der Waals surface area contributed by atoms with Gasteiger partial charge >= 0.3 is 0 Å². The summed E-state index contributed by atoms with van der Waals surface area (Å²) in [5.41, 5.74) is 2.50. The Balaban J connectivity index is 2.54. The summed E-state index contributed by atoms with van der Waals surface area (Å²) < 4.78 is 0. The maximum Gasteiger partial charge on any atom is 0.134 e. The quantitative estimate of drug-likeness (QED) is 0.697. The first-order valence-corrected chi connectivity index (χ1v) is 5.29. The van der Waals surface area contributed by atoms with Gasteiger partial charge in [-0.3, -0.25) is 4.79 Å². The van der Waals surface area contributed by atoms with Crippen LogP contribution >= 0.6 is 0 Å². The first kappa shape index (κ1) is 11.0. The molecule has 0 spiro atoms. The van der Waals surface area contributed by atoms with Gasteiger partial charge in [0, 0.05) is 6.42 Å². The molecule has 1 heteroatoms. The first-order valence-electron chi connectivity index (χ1n) is 5.29. The number of unbranched alkanes of at least 4 members (excludes halogenated alkanes) is 1. The van der Waals surface area contributed by atoms with Crippen molar-refractivity contribution in [1.29, 1.82) is 0 Å². The summed E-state index contributed by atoms with van der Waals surface area (Å²) in [4.78, 5) is 10.9. The van der Waals surface area contributed by atoms with Crippen molar-refractivity contribution in [3.63, 3.8) is 0 Å². The molecular weight excluding hydrogens is 172 g/mol. The van der Waals surface area contributed by atoms with E-state index in [9.17, 15) is 4.79 Å². The summed E-state index contributed by atoms with van der Waals surface area (Å²) in [6.45, 7) is 3.83. The summed E-state index contributed by atoms with van der Waals surface area (Å²) in [7, 11) is 0. The van der Waals surface area contributed by atoms with Crippen LogP contribution in [0.3, 0.4) is 0 Å². The van der Waals surface area contributed by atoms with Gasteiger partial charge in [-0.2, -0.15) is 0 Å². The lowest BCUT2D eigenvalue weighted by atomic mass is 10.0. The SMILES string of the molecule is CCCCc1ccc(CC(C)=O)cc1. The molecule has 0 bridgehead atoms. The van der Waals surface area contributed by atoms with Crippen LogP contribution in [0.25, 0.3) is 0 Å². The third kappa shape index (κ3) is 3.73. The van der Waals surface area contributed by atoms with Crippen molar-refractivity contribution in [2.24, 2.45) is 0 Å². The third-order valence-electron chi connectivity index (χ3n) is 2.30. The third-order valence-corrected chi connectivity index (χ3v) is 2.30. The average molecular weight is 190 g/mol. The minimum Gasteiger partial charge on any atom is -0.300 e. The zero-order valence-electron chi connectivity index (χ0n) is 9.05. The summed E-state index contributed by atoms with van der Waals surface area (Å²) in [6.07, 6.45) is 4.19. The first-order chi connectivity index (χ1) is 6.72. The lowest BCUT2D eigenvalue weighted by Crippen LogP contribution is -1.96. The van der Waals surface area contributed by atoms with E-state index in [1.54, 1.807) is 6.92 Å². The summed E-state index contributed by atoms with van der Waals surface area (Å²) in [6, 6.07) is 8.39. The molecule has 0 aliphatic carbocycles. The van der Waals surface area contributed by atoms with E-state index >= 15 is 0 Å². The normalized spacial score (nSPS) is 10.1. The fourth-order valence-corrected chi connectivity index (χ4v) is 1.49. The molecule has 1 aromatic carbocycles. The minimum atomic E-state index is 0.228. The van der Waals surface area contributed by atoms with Crippen molar-refractivity contribution < 1.29 is 4.79 Å². The highest BCUT2D eigenvalue weighted by molar-refractivity contribution is 5.78. The van der Waals surface area contributed by atoms with Gasteiger partial charge < -0.3 is 0 Å². The molecular formula is C13H18O. The molecule has 0 unspecified atom stereocenters. The van der Waals surface area contributed by atoms with Crippen molar-refractivity contribution in [3.8, 4) is 0 Å². The van der Waals surface area contributed by atoms with Gasteiger partial charge in [0.15, 0.2) is 0 Å². The number of Topliss-reactive ketones (excluding diaryl/α,β-unsaturated/α-hetero) is 1. The molecule has 0 aliphatic heterocycles. The number of hydrogen-bond acceptors (Lipinski definition) is 1. The van der Waals surface area contributed by atoms with Crippen molar-refractivity contribution in [3.05, 3.63) is 35.4 Å². The second kappa shape index (κ2) is 5.58. The summed E-state index contributed by atoms with van der Waals surface area (Å²) in [5.74, 6) is 0.228. The topological polar surface area (TPSA) is 17.1 Å². The van der Waals surface area contributed by atoms with E-state index in [4.69, 9.17) is 0 Å².